The maximum atomic E-state index is 12.1. The first-order chi connectivity index (χ1) is 8.58. The van der Waals surface area contributed by atoms with Crippen molar-refractivity contribution in [3.8, 4) is 0 Å². The quantitative estimate of drug-likeness (QED) is 0.808. The zero-order valence-corrected chi connectivity index (χ0v) is 11.1. The predicted molar refractivity (Wildman–Crippen MR) is 69.7 cm³/mol. The Morgan fingerprint density at radius 3 is 2.83 bits per heavy atom. The van der Waals surface area contributed by atoms with Crippen molar-refractivity contribution >= 4 is 17.5 Å². The summed E-state index contributed by atoms with van der Waals surface area (Å²) in [5, 5.41) is 13.1. The summed E-state index contributed by atoms with van der Waals surface area (Å²) in [6, 6.07) is 3.11. The van der Waals surface area contributed by atoms with Gasteiger partial charge in [0.1, 0.15) is 5.15 Å². The first-order valence-electron chi connectivity index (χ1n) is 6.20. The van der Waals surface area contributed by atoms with Crippen LogP contribution in [0.1, 0.15) is 41.7 Å². The van der Waals surface area contributed by atoms with Crippen molar-refractivity contribution in [2.24, 2.45) is 0 Å². The van der Waals surface area contributed by atoms with Gasteiger partial charge in [-0.25, -0.2) is 4.98 Å². The summed E-state index contributed by atoms with van der Waals surface area (Å²) in [5.41, 5.74) is 1.11. The number of halogens is 1. The summed E-state index contributed by atoms with van der Waals surface area (Å²) in [6.45, 7) is 1.75. The summed E-state index contributed by atoms with van der Waals surface area (Å²) in [4.78, 5) is 16.1. The lowest BCUT2D eigenvalue weighted by Crippen LogP contribution is -2.45. The number of nitrogens with zero attached hydrogens (tertiary/aromatic N) is 1. The van der Waals surface area contributed by atoms with Crippen LogP contribution in [0.25, 0.3) is 0 Å². The number of nitrogens with one attached hydrogen (secondary N) is 1. The van der Waals surface area contributed by atoms with Gasteiger partial charge in [-0.2, -0.15) is 0 Å². The molecule has 0 aliphatic heterocycles. The van der Waals surface area contributed by atoms with E-state index in [9.17, 15) is 9.90 Å². The molecule has 2 N–H and O–H groups in total. The van der Waals surface area contributed by atoms with E-state index in [-0.39, 0.29) is 11.9 Å². The van der Waals surface area contributed by atoms with E-state index in [0.717, 1.165) is 25.7 Å². The van der Waals surface area contributed by atoms with Gasteiger partial charge in [0.15, 0.2) is 0 Å². The van der Waals surface area contributed by atoms with Crippen LogP contribution in [0.4, 0.5) is 0 Å². The van der Waals surface area contributed by atoms with Crippen LogP contribution >= 0.6 is 11.6 Å². The van der Waals surface area contributed by atoms with E-state index in [4.69, 9.17) is 11.6 Å². The fourth-order valence-electron chi connectivity index (χ4n) is 2.30. The van der Waals surface area contributed by atoms with E-state index >= 15 is 0 Å². The Hall–Kier alpha value is -1.13. The van der Waals surface area contributed by atoms with Gasteiger partial charge >= 0.3 is 0 Å². The monoisotopic (exact) mass is 268 g/mol. The Kier molecular flexibility index (Phi) is 4.19. The van der Waals surface area contributed by atoms with Gasteiger partial charge in [0.25, 0.3) is 5.91 Å². The number of pyridine rings is 1. The number of aliphatic hydroxyl groups is 1. The number of hydrogen-bond donors (Lipinski definition) is 2. The second-order valence-electron chi connectivity index (χ2n) is 4.70. The zero-order chi connectivity index (χ0) is 13.1. The van der Waals surface area contributed by atoms with Crippen molar-refractivity contribution in [1.82, 2.24) is 10.3 Å². The van der Waals surface area contributed by atoms with Gasteiger partial charge in [0.2, 0.25) is 0 Å². The topological polar surface area (TPSA) is 62.2 Å². The van der Waals surface area contributed by atoms with Gasteiger partial charge in [0, 0.05) is 0 Å². The summed E-state index contributed by atoms with van der Waals surface area (Å²) >= 11 is 5.75. The smallest absolute Gasteiger partial charge is 0.253 e. The lowest BCUT2D eigenvalue weighted by atomic mass is 9.92. The van der Waals surface area contributed by atoms with Crippen molar-refractivity contribution in [1.29, 1.82) is 0 Å². The lowest BCUT2D eigenvalue weighted by Gasteiger charge is -2.28. The number of aliphatic hydroxyl groups excluding tert-OH is 1. The molecule has 2 atom stereocenters. The summed E-state index contributed by atoms with van der Waals surface area (Å²) in [5.74, 6) is -0.192. The highest BCUT2D eigenvalue weighted by Gasteiger charge is 2.25. The molecule has 1 saturated carbocycles. The second-order valence-corrected chi connectivity index (χ2v) is 5.09. The Bertz CT molecular complexity index is 451. The summed E-state index contributed by atoms with van der Waals surface area (Å²) < 4.78 is 0. The molecule has 5 heteroatoms. The molecule has 4 nitrogen and oxygen atoms in total. The number of aromatic nitrogens is 1. The fraction of sp³-hybridized carbons (Fsp3) is 0.538. The highest BCUT2D eigenvalue weighted by molar-refractivity contribution is 6.29. The highest BCUT2D eigenvalue weighted by atomic mass is 35.5. The minimum atomic E-state index is -0.441. The van der Waals surface area contributed by atoms with Gasteiger partial charge < -0.3 is 10.4 Å². The van der Waals surface area contributed by atoms with E-state index in [0.29, 0.717) is 16.4 Å². The molecule has 0 spiro atoms. The number of aryl methyl sites for hydroxylation is 1. The molecular weight excluding hydrogens is 252 g/mol. The SMILES string of the molecule is Cc1nc(Cl)ccc1C(=O)NC1CCCCC1O. The van der Waals surface area contributed by atoms with Crippen molar-refractivity contribution < 1.29 is 9.90 Å². The summed E-state index contributed by atoms with van der Waals surface area (Å²) in [7, 11) is 0. The molecular formula is C13H17ClN2O2. The number of carbonyl (C=O) groups is 1. The highest BCUT2D eigenvalue weighted by Crippen LogP contribution is 2.19. The molecule has 1 aromatic heterocycles. The molecule has 1 aliphatic carbocycles. The van der Waals surface area contributed by atoms with Gasteiger partial charge in [-0.1, -0.05) is 24.4 Å². The molecule has 1 heterocycles. The van der Waals surface area contributed by atoms with Crippen molar-refractivity contribution in [3.63, 3.8) is 0 Å². The molecule has 1 aliphatic rings. The molecule has 98 valence electrons. The van der Waals surface area contributed by atoms with Crippen LogP contribution in [0.5, 0.6) is 0 Å². The average Bonchev–Trinajstić information content (AvgIpc) is 2.32. The number of hydrogen-bond acceptors (Lipinski definition) is 3. The molecule has 0 radical (unpaired) electrons. The maximum Gasteiger partial charge on any atom is 0.253 e. The van der Waals surface area contributed by atoms with Crippen LogP contribution in [0.15, 0.2) is 12.1 Å². The predicted octanol–water partition coefficient (Wildman–Crippen LogP) is 2.08. The third kappa shape index (κ3) is 3.00. The number of rotatable bonds is 2. The molecule has 18 heavy (non-hydrogen) atoms. The van der Waals surface area contributed by atoms with E-state index < -0.39 is 6.10 Å². The van der Waals surface area contributed by atoms with Gasteiger partial charge in [-0.15, -0.1) is 0 Å². The molecule has 0 saturated heterocycles. The normalized spacial score (nSPS) is 23.7. The van der Waals surface area contributed by atoms with Crippen molar-refractivity contribution in [2.45, 2.75) is 44.8 Å². The Morgan fingerprint density at radius 2 is 2.17 bits per heavy atom. The van der Waals surface area contributed by atoms with Crippen LogP contribution < -0.4 is 5.32 Å². The standard InChI is InChI=1S/C13H17ClN2O2/c1-8-9(6-7-12(14)15-8)13(18)16-10-4-2-3-5-11(10)17/h6-7,10-11,17H,2-5H2,1H3,(H,16,18). The van der Waals surface area contributed by atoms with E-state index in [1.807, 2.05) is 0 Å². The van der Waals surface area contributed by atoms with Crippen LogP contribution in [0, 0.1) is 6.92 Å². The minimum absolute atomic E-state index is 0.152. The average molecular weight is 269 g/mol. The zero-order valence-electron chi connectivity index (χ0n) is 10.3. The first-order valence-corrected chi connectivity index (χ1v) is 6.58. The van der Waals surface area contributed by atoms with E-state index in [1.165, 1.54) is 0 Å². The van der Waals surface area contributed by atoms with Crippen molar-refractivity contribution in [3.05, 3.63) is 28.5 Å². The number of carbonyl (C=O) groups excluding carboxylic acids is 1. The minimum Gasteiger partial charge on any atom is -0.391 e. The first kappa shape index (κ1) is 13.3. The molecule has 0 bridgehead atoms. The van der Waals surface area contributed by atoms with Gasteiger partial charge in [0.05, 0.1) is 23.4 Å². The Labute approximate surface area is 111 Å². The molecule has 1 amide bonds. The molecule has 1 aromatic rings. The third-order valence-electron chi connectivity index (χ3n) is 3.34. The molecule has 0 aromatic carbocycles. The van der Waals surface area contributed by atoms with Crippen molar-refractivity contribution in [2.75, 3.05) is 0 Å². The second kappa shape index (κ2) is 5.67. The van der Waals surface area contributed by atoms with Gasteiger partial charge in [-0.3, -0.25) is 4.79 Å². The third-order valence-corrected chi connectivity index (χ3v) is 3.55. The van der Waals surface area contributed by atoms with Crippen LogP contribution in [0.2, 0.25) is 5.15 Å². The molecule has 2 unspecified atom stereocenters. The molecule has 1 fully saturated rings. The van der Waals surface area contributed by atoms with Crippen LogP contribution in [-0.4, -0.2) is 28.1 Å². The lowest BCUT2D eigenvalue weighted by molar-refractivity contribution is 0.0716. The summed E-state index contributed by atoms with van der Waals surface area (Å²) in [6.07, 6.45) is 3.20. The van der Waals surface area contributed by atoms with Crippen LogP contribution in [0.3, 0.4) is 0 Å². The van der Waals surface area contributed by atoms with Crippen LogP contribution in [-0.2, 0) is 0 Å². The molecule has 2 rings (SSSR count). The largest absolute Gasteiger partial charge is 0.391 e. The Morgan fingerprint density at radius 1 is 1.44 bits per heavy atom. The Balaban J connectivity index is 2.07. The van der Waals surface area contributed by atoms with E-state index in [2.05, 4.69) is 10.3 Å². The fourth-order valence-corrected chi connectivity index (χ4v) is 2.49. The number of amides is 1. The van der Waals surface area contributed by atoms with E-state index in [1.54, 1.807) is 19.1 Å². The maximum absolute atomic E-state index is 12.1. The van der Waals surface area contributed by atoms with Gasteiger partial charge in [-0.05, 0) is 31.9 Å².